The second kappa shape index (κ2) is 7.94. The highest BCUT2D eigenvalue weighted by Crippen LogP contribution is 2.48. The number of carboxylic acid groups (broad SMARTS) is 2. The van der Waals surface area contributed by atoms with Crippen molar-refractivity contribution in [2.45, 2.75) is 44.9 Å². The number of nitrogens with zero attached hydrogens (tertiary/aromatic N) is 3. The Morgan fingerprint density at radius 1 is 1.03 bits per heavy atom. The summed E-state index contributed by atoms with van der Waals surface area (Å²) in [6.07, 6.45) is 2.80. The molecular formula is C23H24N4O4. The van der Waals surface area contributed by atoms with Crippen molar-refractivity contribution in [3.05, 3.63) is 75.6 Å². The van der Waals surface area contributed by atoms with Crippen molar-refractivity contribution in [2.75, 3.05) is 0 Å². The van der Waals surface area contributed by atoms with E-state index in [1.165, 1.54) is 0 Å². The molecule has 0 saturated carbocycles. The van der Waals surface area contributed by atoms with E-state index in [0.29, 0.717) is 31.0 Å². The normalized spacial score (nSPS) is 15.4. The second-order valence-corrected chi connectivity index (χ2v) is 8.21. The number of hydrogen-bond acceptors (Lipinski definition) is 5. The summed E-state index contributed by atoms with van der Waals surface area (Å²) in [6, 6.07) is 10.4. The highest BCUT2D eigenvalue weighted by Gasteiger charge is 2.45. The molecule has 0 amide bonds. The first-order chi connectivity index (χ1) is 14.9. The highest BCUT2D eigenvalue weighted by atomic mass is 16.4. The number of aromatic carboxylic acids is 2. The summed E-state index contributed by atoms with van der Waals surface area (Å²) in [5.41, 5.74) is 3.38. The Balaban J connectivity index is 2.06. The van der Waals surface area contributed by atoms with E-state index in [2.05, 4.69) is 34.5 Å². The lowest BCUT2D eigenvalue weighted by molar-refractivity contribution is 0.0686. The quantitative estimate of drug-likeness (QED) is 0.557. The van der Waals surface area contributed by atoms with Gasteiger partial charge in [-0.1, -0.05) is 37.6 Å². The smallest absolute Gasteiger partial charge is 0.335 e. The lowest BCUT2D eigenvalue weighted by Crippen LogP contribution is -2.34. The van der Waals surface area contributed by atoms with Gasteiger partial charge in [-0.3, -0.25) is 0 Å². The van der Waals surface area contributed by atoms with Gasteiger partial charge in [0.05, 0.1) is 16.5 Å². The fourth-order valence-corrected chi connectivity index (χ4v) is 4.68. The molecule has 2 aromatic carbocycles. The zero-order valence-corrected chi connectivity index (χ0v) is 17.4. The van der Waals surface area contributed by atoms with Gasteiger partial charge in [-0.2, -0.15) is 5.21 Å². The average molecular weight is 420 g/mol. The van der Waals surface area contributed by atoms with Gasteiger partial charge in [-0.25, -0.2) is 9.59 Å². The van der Waals surface area contributed by atoms with Crippen molar-refractivity contribution in [2.24, 2.45) is 5.92 Å². The van der Waals surface area contributed by atoms with Gasteiger partial charge >= 0.3 is 11.9 Å². The molecule has 0 aliphatic heterocycles. The molecule has 1 atom stereocenters. The number of hydrogen-bond donors (Lipinski definition) is 3. The number of rotatable bonds is 6. The zero-order valence-electron chi connectivity index (χ0n) is 17.4. The minimum absolute atomic E-state index is 0.224. The third kappa shape index (κ3) is 3.48. The maximum atomic E-state index is 11.6. The Labute approximate surface area is 179 Å². The summed E-state index contributed by atoms with van der Waals surface area (Å²) in [5.74, 6) is -1.16. The van der Waals surface area contributed by atoms with Crippen molar-refractivity contribution in [1.82, 2.24) is 20.6 Å². The fraction of sp³-hybridized carbons (Fsp3) is 0.348. The molecule has 0 radical (unpaired) electrons. The molecule has 1 aliphatic rings. The topological polar surface area (TPSA) is 129 Å². The molecule has 0 unspecified atom stereocenters. The number of fused-ring (bicyclic) bond motifs is 2. The Hall–Kier alpha value is -3.55. The third-order valence-corrected chi connectivity index (χ3v) is 6.37. The van der Waals surface area contributed by atoms with Crippen LogP contribution >= 0.6 is 0 Å². The number of carboxylic acids is 2. The number of H-pyrrole nitrogens is 1. The predicted molar refractivity (Wildman–Crippen MR) is 112 cm³/mol. The van der Waals surface area contributed by atoms with Crippen LogP contribution in [0.15, 0.2) is 36.4 Å². The predicted octanol–water partition coefficient (Wildman–Crippen LogP) is 3.47. The fourth-order valence-electron chi connectivity index (χ4n) is 4.68. The Bertz CT molecular complexity index is 1070. The first-order valence-electron chi connectivity index (χ1n) is 10.3. The first-order valence-corrected chi connectivity index (χ1v) is 10.3. The standard InChI is InChI=1S/C23H24N4O4/c1-3-13(2)12-23(22-24-26-27-25-22)18-8-6-16(20(28)29)10-14(18)4-5-15-11-17(21(30)31)7-9-19(15)23/h6-11,13H,3-5,12H2,1-2H3,(H,28,29)(H,30,31)(H,24,25,26,27)/t13-/m0/s1. The molecule has 3 N–H and O–H groups in total. The van der Waals surface area contributed by atoms with Crippen molar-refractivity contribution in [3.8, 4) is 0 Å². The molecule has 8 heteroatoms. The number of benzene rings is 2. The lowest BCUT2D eigenvalue weighted by Gasteiger charge is -2.36. The molecule has 3 aromatic rings. The van der Waals surface area contributed by atoms with E-state index < -0.39 is 17.4 Å². The van der Waals surface area contributed by atoms with Gasteiger partial charge in [0.15, 0.2) is 5.82 Å². The highest BCUT2D eigenvalue weighted by molar-refractivity contribution is 5.89. The zero-order chi connectivity index (χ0) is 22.2. The van der Waals surface area contributed by atoms with Gasteiger partial charge < -0.3 is 10.2 Å². The molecule has 0 fully saturated rings. The summed E-state index contributed by atoms with van der Waals surface area (Å²) in [5, 5.41) is 34.2. The number of aryl methyl sites for hydroxylation is 2. The van der Waals surface area contributed by atoms with Crippen LogP contribution in [0.25, 0.3) is 0 Å². The van der Waals surface area contributed by atoms with Crippen LogP contribution in [0.2, 0.25) is 0 Å². The molecule has 0 bridgehead atoms. The summed E-state index contributed by atoms with van der Waals surface area (Å²) in [4.78, 5) is 23.2. The molecule has 0 saturated heterocycles. The van der Waals surface area contributed by atoms with Crippen molar-refractivity contribution in [1.29, 1.82) is 0 Å². The van der Waals surface area contributed by atoms with Crippen LogP contribution in [0, 0.1) is 5.92 Å². The summed E-state index contributed by atoms with van der Waals surface area (Å²) < 4.78 is 0. The Morgan fingerprint density at radius 2 is 1.58 bits per heavy atom. The first kappa shape index (κ1) is 20.7. The van der Waals surface area contributed by atoms with Crippen LogP contribution in [0.5, 0.6) is 0 Å². The van der Waals surface area contributed by atoms with E-state index in [9.17, 15) is 19.8 Å². The SMILES string of the molecule is CC[C@H](C)CC1(c2nn[nH]n2)c2ccc(C(=O)O)cc2CCc2cc(C(=O)O)ccc21. The minimum Gasteiger partial charge on any atom is -0.478 e. The molecule has 1 aliphatic carbocycles. The van der Waals surface area contributed by atoms with Crippen LogP contribution in [-0.2, 0) is 18.3 Å². The van der Waals surface area contributed by atoms with E-state index in [1.807, 2.05) is 12.1 Å². The number of tetrazole rings is 1. The summed E-state index contributed by atoms with van der Waals surface area (Å²) >= 11 is 0. The van der Waals surface area contributed by atoms with E-state index in [1.54, 1.807) is 24.3 Å². The van der Waals surface area contributed by atoms with Gasteiger partial charge in [-0.15, -0.1) is 10.2 Å². The van der Waals surface area contributed by atoms with Crippen LogP contribution in [0.4, 0.5) is 0 Å². The summed E-state index contributed by atoms with van der Waals surface area (Å²) in [7, 11) is 0. The molecule has 8 nitrogen and oxygen atoms in total. The van der Waals surface area contributed by atoms with Gasteiger partial charge in [0.2, 0.25) is 0 Å². The maximum Gasteiger partial charge on any atom is 0.335 e. The molecule has 1 heterocycles. The second-order valence-electron chi connectivity index (χ2n) is 8.21. The third-order valence-electron chi connectivity index (χ3n) is 6.37. The Morgan fingerprint density at radius 3 is 2.00 bits per heavy atom. The van der Waals surface area contributed by atoms with E-state index in [4.69, 9.17) is 0 Å². The summed E-state index contributed by atoms with van der Waals surface area (Å²) in [6.45, 7) is 4.28. The molecule has 4 rings (SSSR count). The van der Waals surface area contributed by atoms with Crippen molar-refractivity contribution < 1.29 is 19.8 Å². The molecule has 31 heavy (non-hydrogen) atoms. The number of aromatic nitrogens is 4. The van der Waals surface area contributed by atoms with Crippen molar-refractivity contribution >= 4 is 11.9 Å². The Kier molecular flexibility index (Phi) is 5.31. The van der Waals surface area contributed by atoms with Crippen LogP contribution in [0.1, 0.15) is 75.5 Å². The molecule has 1 aromatic heterocycles. The molecule has 0 spiro atoms. The number of carbonyl (C=O) groups is 2. The van der Waals surface area contributed by atoms with Gasteiger partial charge in [-0.05, 0) is 71.7 Å². The lowest BCUT2D eigenvalue weighted by atomic mass is 9.66. The van der Waals surface area contributed by atoms with E-state index in [-0.39, 0.29) is 11.1 Å². The minimum atomic E-state index is -0.982. The largest absolute Gasteiger partial charge is 0.478 e. The van der Waals surface area contributed by atoms with E-state index in [0.717, 1.165) is 28.7 Å². The van der Waals surface area contributed by atoms with Crippen molar-refractivity contribution in [3.63, 3.8) is 0 Å². The maximum absolute atomic E-state index is 11.6. The van der Waals surface area contributed by atoms with Gasteiger partial charge in [0.25, 0.3) is 0 Å². The number of nitrogens with one attached hydrogen (secondary N) is 1. The molecule has 160 valence electrons. The van der Waals surface area contributed by atoms with Crippen LogP contribution < -0.4 is 0 Å². The number of aromatic amines is 1. The monoisotopic (exact) mass is 420 g/mol. The van der Waals surface area contributed by atoms with E-state index >= 15 is 0 Å². The van der Waals surface area contributed by atoms with Crippen LogP contribution in [-0.4, -0.2) is 42.8 Å². The van der Waals surface area contributed by atoms with Gasteiger partial charge in [0, 0.05) is 0 Å². The van der Waals surface area contributed by atoms with Crippen LogP contribution in [0.3, 0.4) is 0 Å². The molecular weight excluding hydrogens is 396 g/mol. The van der Waals surface area contributed by atoms with Gasteiger partial charge in [0.1, 0.15) is 0 Å². The average Bonchev–Trinajstić information content (AvgIpc) is 3.27.